The van der Waals surface area contributed by atoms with Crippen LogP contribution in [-0.2, 0) is 52.8 Å². The molecule has 0 aliphatic carbocycles. The van der Waals surface area contributed by atoms with Crippen molar-refractivity contribution in [3.8, 4) is 34.4 Å². The molecule has 346 valence electrons. The molecule has 0 saturated carbocycles. The standard InChI is InChI=1S/C49H62N8O7S/c1-8-56-40-15-14-32-24-35(40)36(45(56)34-12-9-19-50-44(34)31(2)62-7)26-48(3,4)30-64-47(61)37-13-10-22-57(53-37)46(60)38(25-42-52-39(32)29-65-42)51-41(58)17-23-63-33-27-54(28-33)43(59)16-18-49(5,6)55-20-11-21-55/h9,12,14-15,19,24,29,31,33,37-38,53H,8,10-11,13,17,20-23,25-28,30H2,1-7H3,(H,51,58)/t31-,37-,38-/m0/s1. The molecule has 6 bridgehead atoms. The fourth-order valence-electron chi connectivity index (χ4n) is 9.10. The van der Waals surface area contributed by atoms with Crippen LogP contribution in [0, 0.1) is 17.3 Å². The maximum atomic E-state index is 14.3. The molecule has 7 heterocycles. The second-order valence-electron chi connectivity index (χ2n) is 18.9. The van der Waals surface area contributed by atoms with Gasteiger partial charge >= 0.3 is 5.97 Å². The molecule has 3 fully saturated rings. The fraction of sp³-hybridized carbons (Fsp3) is 0.551. The monoisotopic (exact) mass is 906 g/mol. The molecule has 8 rings (SSSR count). The number of fused-ring (bicyclic) bond motifs is 6. The van der Waals surface area contributed by atoms with Crippen molar-refractivity contribution >= 4 is 45.9 Å². The Kier molecular flexibility index (Phi) is 13.8. The van der Waals surface area contributed by atoms with Crippen LogP contribution in [0.2, 0.25) is 0 Å². The zero-order valence-electron chi connectivity index (χ0n) is 38.7. The normalized spacial score (nSPS) is 21.1. The number of carbonyl (C=O) groups excluding carboxylic acids is 4. The number of hydrogen-bond donors (Lipinski definition) is 2. The Balaban J connectivity index is 1.03. The van der Waals surface area contributed by atoms with E-state index < -0.39 is 23.5 Å². The number of benzene rings is 1. The van der Waals surface area contributed by atoms with Gasteiger partial charge in [0.25, 0.3) is 11.8 Å². The molecule has 3 saturated heterocycles. The van der Waals surface area contributed by atoms with Crippen LogP contribution >= 0.6 is 11.3 Å². The molecular weight excluding hydrogens is 845 g/mol. The number of amides is 3. The Bertz CT molecular complexity index is 2490. The number of hydrogen-bond acceptors (Lipinski definition) is 12. The number of cyclic esters (lactones) is 1. The van der Waals surface area contributed by atoms with E-state index in [1.807, 2.05) is 32.2 Å². The van der Waals surface area contributed by atoms with Gasteiger partial charge in [0.1, 0.15) is 12.1 Å². The summed E-state index contributed by atoms with van der Waals surface area (Å²) in [5, 5.41) is 8.15. The molecular formula is C49H62N8O7S. The van der Waals surface area contributed by atoms with E-state index in [0.29, 0.717) is 50.4 Å². The van der Waals surface area contributed by atoms with E-state index in [0.717, 1.165) is 64.2 Å². The number of aryl methyl sites for hydroxylation is 1. The van der Waals surface area contributed by atoms with E-state index in [9.17, 15) is 19.2 Å². The van der Waals surface area contributed by atoms with Crippen molar-refractivity contribution in [2.45, 2.75) is 116 Å². The number of ether oxygens (including phenoxy) is 3. The first-order valence-corrected chi connectivity index (χ1v) is 23.8. The van der Waals surface area contributed by atoms with E-state index >= 15 is 0 Å². The quantitative estimate of drug-likeness (QED) is 0.157. The van der Waals surface area contributed by atoms with E-state index in [-0.39, 0.29) is 61.5 Å². The fourth-order valence-corrected chi connectivity index (χ4v) is 9.95. The first-order valence-electron chi connectivity index (χ1n) is 22.9. The molecule has 3 aromatic heterocycles. The predicted octanol–water partition coefficient (Wildman–Crippen LogP) is 5.31. The number of nitrogens with one attached hydrogen (secondary N) is 2. The van der Waals surface area contributed by atoms with Crippen LogP contribution in [0.1, 0.15) is 89.6 Å². The van der Waals surface area contributed by atoms with Gasteiger partial charge in [-0.15, -0.1) is 11.3 Å². The summed E-state index contributed by atoms with van der Waals surface area (Å²) in [5.41, 5.74) is 9.08. The highest BCUT2D eigenvalue weighted by molar-refractivity contribution is 7.10. The highest BCUT2D eigenvalue weighted by atomic mass is 32.1. The molecule has 0 radical (unpaired) electrons. The minimum absolute atomic E-state index is 0.0198. The van der Waals surface area contributed by atoms with E-state index in [1.165, 1.54) is 16.3 Å². The van der Waals surface area contributed by atoms with Gasteiger partial charge in [0.2, 0.25) is 5.91 Å². The molecule has 0 spiro atoms. The number of thiazole rings is 1. The van der Waals surface area contributed by atoms with Gasteiger partial charge in [-0.05, 0) is 89.1 Å². The lowest BCUT2D eigenvalue weighted by molar-refractivity contribution is -0.155. The summed E-state index contributed by atoms with van der Waals surface area (Å²) in [6.45, 7) is 16.6. The first-order chi connectivity index (χ1) is 31.1. The topological polar surface area (TPSA) is 160 Å². The van der Waals surface area contributed by atoms with Crippen LogP contribution < -0.4 is 10.7 Å². The van der Waals surface area contributed by atoms with Gasteiger partial charge in [0.05, 0.1) is 53.1 Å². The van der Waals surface area contributed by atoms with Crippen molar-refractivity contribution in [1.29, 1.82) is 0 Å². The Morgan fingerprint density at radius 2 is 1.94 bits per heavy atom. The number of aromatic nitrogens is 3. The summed E-state index contributed by atoms with van der Waals surface area (Å²) < 4.78 is 20.2. The van der Waals surface area contributed by atoms with Crippen molar-refractivity contribution in [2.75, 3.05) is 53.0 Å². The van der Waals surface area contributed by atoms with Crippen LogP contribution in [0.3, 0.4) is 0 Å². The Morgan fingerprint density at radius 3 is 2.68 bits per heavy atom. The first kappa shape index (κ1) is 46.4. The number of likely N-dealkylation sites (tertiary alicyclic amines) is 2. The summed E-state index contributed by atoms with van der Waals surface area (Å²) in [4.78, 5) is 68.1. The van der Waals surface area contributed by atoms with E-state index in [1.54, 1.807) is 18.2 Å². The maximum Gasteiger partial charge on any atom is 0.324 e. The maximum absolute atomic E-state index is 14.3. The lowest BCUT2D eigenvalue weighted by Gasteiger charge is -2.41. The summed E-state index contributed by atoms with van der Waals surface area (Å²) in [7, 11) is 1.69. The molecule has 0 unspecified atom stereocenters. The Morgan fingerprint density at radius 1 is 1.14 bits per heavy atom. The van der Waals surface area contributed by atoms with Crippen molar-refractivity contribution in [2.24, 2.45) is 5.41 Å². The lowest BCUT2D eigenvalue weighted by Crippen LogP contribution is -2.60. The predicted molar refractivity (Wildman–Crippen MR) is 248 cm³/mol. The SMILES string of the molecule is CCn1c(-c2cccnc2[C@H](C)OC)c2c3cc(ccc31)-c1csc(n1)C[C@H](NC(=O)CCOC1CN(C(=O)C#CC(C)(C)N3CCC3)C1)C(=O)N1CCC[C@H](N1)C(=O)OCC(C)(C)C2. The zero-order chi connectivity index (χ0) is 46.0. The van der Waals surface area contributed by atoms with Crippen molar-refractivity contribution < 1.29 is 33.4 Å². The number of rotatable bonds is 10. The number of esters is 1. The smallest absolute Gasteiger partial charge is 0.324 e. The summed E-state index contributed by atoms with van der Waals surface area (Å²) in [6, 6.07) is 8.76. The third-order valence-corrected chi connectivity index (χ3v) is 14.0. The molecule has 3 atom stereocenters. The molecule has 15 nitrogen and oxygen atoms in total. The minimum atomic E-state index is -0.962. The molecule has 4 aliphatic heterocycles. The van der Waals surface area contributed by atoms with Crippen LogP contribution in [0.15, 0.2) is 41.9 Å². The van der Waals surface area contributed by atoms with Crippen molar-refractivity contribution in [3.63, 3.8) is 0 Å². The van der Waals surface area contributed by atoms with Crippen molar-refractivity contribution in [3.05, 3.63) is 58.2 Å². The molecule has 2 N–H and O–H groups in total. The van der Waals surface area contributed by atoms with Gasteiger partial charge in [-0.25, -0.2) is 10.4 Å². The number of pyridine rings is 1. The van der Waals surface area contributed by atoms with Gasteiger partial charge in [0, 0.05) is 98.2 Å². The van der Waals surface area contributed by atoms with E-state index in [4.69, 9.17) is 24.2 Å². The van der Waals surface area contributed by atoms with Crippen LogP contribution in [0.5, 0.6) is 0 Å². The second kappa shape index (κ2) is 19.3. The molecule has 1 aromatic carbocycles. The molecule has 16 heteroatoms. The van der Waals surface area contributed by atoms with E-state index in [2.05, 4.69) is 77.1 Å². The van der Waals surface area contributed by atoms with Crippen LogP contribution in [0.25, 0.3) is 33.4 Å². The summed E-state index contributed by atoms with van der Waals surface area (Å²) in [6.07, 6.45) is 4.35. The Hall–Kier alpha value is -5.18. The number of nitrogens with zero attached hydrogens (tertiary/aromatic N) is 6. The average Bonchev–Trinajstić information content (AvgIpc) is 3.85. The minimum Gasteiger partial charge on any atom is -0.464 e. The summed E-state index contributed by atoms with van der Waals surface area (Å²) in [5.74, 6) is 4.56. The van der Waals surface area contributed by atoms with Gasteiger partial charge in [-0.1, -0.05) is 25.8 Å². The molecule has 3 amide bonds. The number of methoxy groups -OCH3 is 1. The van der Waals surface area contributed by atoms with Gasteiger partial charge in [-0.2, -0.15) is 0 Å². The summed E-state index contributed by atoms with van der Waals surface area (Å²) >= 11 is 1.44. The Labute approximate surface area is 385 Å². The van der Waals surface area contributed by atoms with Crippen molar-refractivity contribution in [1.82, 2.24) is 40.1 Å². The largest absolute Gasteiger partial charge is 0.464 e. The van der Waals surface area contributed by atoms with Crippen LogP contribution in [0.4, 0.5) is 0 Å². The average molecular weight is 907 g/mol. The third-order valence-electron chi connectivity index (χ3n) is 13.1. The highest BCUT2D eigenvalue weighted by Gasteiger charge is 2.37. The highest BCUT2D eigenvalue weighted by Crippen LogP contribution is 2.42. The molecule has 4 aromatic rings. The van der Waals surface area contributed by atoms with Gasteiger partial charge in [-0.3, -0.25) is 34.1 Å². The molecule has 65 heavy (non-hydrogen) atoms. The third kappa shape index (κ3) is 10.1. The zero-order valence-corrected chi connectivity index (χ0v) is 39.5. The second-order valence-corrected chi connectivity index (χ2v) is 19.9. The molecule has 4 aliphatic rings. The lowest BCUT2D eigenvalue weighted by atomic mass is 9.84. The number of hydrazine groups is 1. The van der Waals surface area contributed by atoms with Crippen LogP contribution in [-0.4, -0.2) is 130 Å². The number of carbonyl (C=O) groups is 4. The van der Waals surface area contributed by atoms with Gasteiger partial charge < -0.3 is 29.0 Å². The van der Waals surface area contributed by atoms with Gasteiger partial charge in [0.15, 0.2) is 0 Å².